The molecule has 1 saturated heterocycles. The van der Waals surface area contributed by atoms with Gasteiger partial charge in [0, 0.05) is 18.1 Å². The van der Waals surface area contributed by atoms with E-state index in [1.54, 1.807) is 12.1 Å². The number of thioether (sulfide) groups is 1. The summed E-state index contributed by atoms with van der Waals surface area (Å²) in [5.41, 5.74) is 0.711. The Morgan fingerprint density at radius 2 is 2.05 bits per heavy atom. The summed E-state index contributed by atoms with van der Waals surface area (Å²) in [5.74, 6) is -1.25. The second-order valence-corrected chi connectivity index (χ2v) is 5.82. The first kappa shape index (κ1) is 15.1. The Balaban J connectivity index is 2.29. The first-order chi connectivity index (χ1) is 9.54. The molecule has 108 valence electrons. The van der Waals surface area contributed by atoms with Crippen molar-refractivity contribution in [2.24, 2.45) is 0 Å². The molecule has 0 aromatic heterocycles. The third-order valence-corrected chi connectivity index (χ3v) is 4.55. The van der Waals surface area contributed by atoms with Crippen molar-refractivity contribution in [1.29, 1.82) is 0 Å². The van der Waals surface area contributed by atoms with E-state index in [1.807, 2.05) is 0 Å². The highest BCUT2D eigenvalue weighted by atomic mass is 35.5. The minimum atomic E-state index is -1.04. The summed E-state index contributed by atoms with van der Waals surface area (Å²) in [7, 11) is 0. The number of carbonyl (C=O) groups is 2. The van der Waals surface area contributed by atoms with E-state index in [0.29, 0.717) is 11.3 Å². The van der Waals surface area contributed by atoms with Crippen molar-refractivity contribution in [3.8, 4) is 0 Å². The number of carbonyl (C=O) groups excluding carboxylic acids is 1. The summed E-state index contributed by atoms with van der Waals surface area (Å²) in [6.45, 7) is 0. The van der Waals surface area contributed by atoms with Gasteiger partial charge in [0.15, 0.2) is 0 Å². The molecule has 1 fully saturated rings. The van der Waals surface area contributed by atoms with Gasteiger partial charge in [-0.15, -0.1) is 23.4 Å². The Morgan fingerprint density at radius 3 is 2.60 bits per heavy atom. The van der Waals surface area contributed by atoms with E-state index in [-0.39, 0.29) is 24.0 Å². The van der Waals surface area contributed by atoms with Gasteiger partial charge in [0.05, 0.1) is 0 Å². The summed E-state index contributed by atoms with van der Waals surface area (Å²) >= 11 is 6.92. The number of aliphatic carboxylic acids is 1. The molecule has 0 bridgehead atoms. The van der Waals surface area contributed by atoms with Crippen LogP contribution in [0.5, 0.6) is 0 Å². The number of nitrogens with zero attached hydrogens (tertiary/aromatic N) is 1. The van der Waals surface area contributed by atoms with Crippen LogP contribution in [0, 0.1) is 5.82 Å². The highest BCUT2D eigenvalue weighted by molar-refractivity contribution is 7.99. The maximum absolute atomic E-state index is 13.0. The number of rotatable bonds is 4. The number of halogens is 2. The van der Waals surface area contributed by atoms with Crippen molar-refractivity contribution in [1.82, 2.24) is 4.90 Å². The molecule has 2 atom stereocenters. The van der Waals surface area contributed by atoms with Gasteiger partial charge in [-0.05, 0) is 17.7 Å². The zero-order valence-electron chi connectivity index (χ0n) is 10.5. The van der Waals surface area contributed by atoms with Gasteiger partial charge >= 0.3 is 5.97 Å². The molecule has 0 saturated carbocycles. The molecule has 1 amide bonds. The monoisotopic (exact) mass is 317 g/mol. The Labute approximate surface area is 124 Å². The van der Waals surface area contributed by atoms with Gasteiger partial charge in [-0.1, -0.05) is 12.1 Å². The van der Waals surface area contributed by atoms with E-state index in [1.165, 1.54) is 28.8 Å². The zero-order chi connectivity index (χ0) is 14.7. The van der Waals surface area contributed by atoms with Crippen LogP contribution in [0.2, 0.25) is 0 Å². The Morgan fingerprint density at radius 1 is 1.40 bits per heavy atom. The summed E-state index contributed by atoms with van der Waals surface area (Å²) < 4.78 is 13.0. The van der Waals surface area contributed by atoms with Crippen molar-refractivity contribution in [2.45, 2.75) is 17.8 Å². The van der Waals surface area contributed by atoms with E-state index < -0.39 is 17.4 Å². The summed E-state index contributed by atoms with van der Waals surface area (Å²) in [5, 5.41) is 8.80. The predicted octanol–water partition coefficient (Wildman–Crippen LogP) is 2.48. The molecule has 1 aliphatic rings. The van der Waals surface area contributed by atoms with Crippen molar-refractivity contribution in [2.75, 3.05) is 11.6 Å². The second-order valence-electron chi connectivity index (χ2n) is 4.33. The highest BCUT2D eigenvalue weighted by Crippen LogP contribution is 2.41. The van der Waals surface area contributed by atoms with E-state index in [0.717, 1.165) is 0 Å². The standard InChI is InChI=1S/C13H13ClFNO3S/c14-6-5-11(17)16-10(13(18)19)7-20-12(16)8-1-3-9(15)4-2-8/h1-4,10,12H,5-7H2,(H,18,19). The SMILES string of the molecule is O=C(O)C1CSC(c2ccc(F)cc2)N1C(=O)CCCl. The van der Waals surface area contributed by atoms with Crippen molar-refractivity contribution in [3.05, 3.63) is 35.6 Å². The highest BCUT2D eigenvalue weighted by Gasteiger charge is 2.41. The maximum Gasteiger partial charge on any atom is 0.327 e. The van der Waals surface area contributed by atoms with Gasteiger partial charge in [0.2, 0.25) is 5.91 Å². The summed E-state index contributed by atoms with van der Waals surface area (Å²) in [6, 6.07) is 4.87. The maximum atomic E-state index is 13.0. The number of carboxylic acids is 1. The van der Waals surface area contributed by atoms with Gasteiger partial charge in [-0.2, -0.15) is 0 Å². The lowest BCUT2D eigenvalue weighted by Crippen LogP contribution is -2.43. The number of carboxylic acid groups (broad SMARTS) is 1. The van der Waals surface area contributed by atoms with Crippen molar-refractivity contribution < 1.29 is 19.1 Å². The average molecular weight is 318 g/mol. The fourth-order valence-electron chi connectivity index (χ4n) is 2.10. The van der Waals surface area contributed by atoms with Crippen LogP contribution in [0.15, 0.2) is 24.3 Å². The molecule has 1 aliphatic heterocycles. The topological polar surface area (TPSA) is 57.6 Å². The van der Waals surface area contributed by atoms with Crippen LogP contribution in [-0.4, -0.2) is 39.6 Å². The van der Waals surface area contributed by atoms with E-state index in [9.17, 15) is 19.1 Å². The number of amides is 1. The van der Waals surface area contributed by atoms with Crippen LogP contribution >= 0.6 is 23.4 Å². The molecule has 0 spiro atoms. The van der Waals surface area contributed by atoms with E-state index >= 15 is 0 Å². The number of benzene rings is 1. The lowest BCUT2D eigenvalue weighted by molar-refractivity contribution is -0.149. The molecular formula is C13H13ClFNO3S. The average Bonchev–Trinajstić information content (AvgIpc) is 2.84. The third-order valence-electron chi connectivity index (χ3n) is 3.04. The number of hydrogen-bond acceptors (Lipinski definition) is 3. The number of alkyl halides is 1. The van der Waals surface area contributed by atoms with Gasteiger partial charge in [-0.25, -0.2) is 9.18 Å². The summed E-state index contributed by atoms with van der Waals surface area (Å²) in [6.07, 6.45) is 0.0869. The van der Waals surface area contributed by atoms with Gasteiger partial charge in [0.25, 0.3) is 0 Å². The molecule has 1 heterocycles. The minimum absolute atomic E-state index is 0.0869. The lowest BCUT2D eigenvalue weighted by Gasteiger charge is -2.27. The molecule has 7 heteroatoms. The molecule has 2 unspecified atom stereocenters. The molecule has 0 radical (unpaired) electrons. The molecule has 1 aromatic rings. The van der Waals surface area contributed by atoms with Gasteiger partial charge < -0.3 is 10.0 Å². The van der Waals surface area contributed by atoms with Crippen LogP contribution in [0.4, 0.5) is 4.39 Å². The Kier molecular flexibility index (Phi) is 4.88. The fraction of sp³-hybridized carbons (Fsp3) is 0.385. The largest absolute Gasteiger partial charge is 0.480 e. The van der Waals surface area contributed by atoms with Crippen LogP contribution in [0.25, 0.3) is 0 Å². The molecule has 1 aromatic carbocycles. The van der Waals surface area contributed by atoms with Crippen molar-refractivity contribution in [3.63, 3.8) is 0 Å². The van der Waals surface area contributed by atoms with Gasteiger partial charge in [0.1, 0.15) is 17.2 Å². The Bertz CT molecular complexity index is 511. The third kappa shape index (κ3) is 3.07. The van der Waals surface area contributed by atoms with Crippen LogP contribution in [0.1, 0.15) is 17.4 Å². The van der Waals surface area contributed by atoms with Crippen LogP contribution in [-0.2, 0) is 9.59 Å². The lowest BCUT2D eigenvalue weighted by atomic mass is 10.1. The van der Waals surface area contributed by atoms with Gasteiger partial charge in [-0.3, -0.25) is 4.79 Å². The number of hydrogen-bond donors (Lipinski definition) is 1. The van der Waals surface area contributed by atoms with E-state index in [4.69, 9.17) is 11.6 Å². The quantitative estimate of drug-likeness (QED) is 0.867. The summed E-state index contributed by atoms with van der Waals surface area (Å²) in [4.78, 5) is 24.7. The Hall–Kier alpha value is -1.27. The normalized spacial score (nSPS) is 22.0. The van der Waals surface area contributed by atoms with E-state index in [2.05, 4.69) is 0 Å². The predicted molar refractivity (Wildman–Crippen MR) is 75.2 cm³/mol. The van der Waals surface area contributed by atoms with Crippen LogP contribution in [0.3, 0.4) is 0 Å². The zero-order valence-corrected chi connectivity index (χ0v) is 12.0. The van der Waals surface area contributed by atoms with Crippen LogP contribution < -0.4 is 0 Å². The minimum Gasteiger partial charge on any atom is -0.480 e. The smallest absolute Gasteiger partial charge is 0.327 e. The second kappa shape index (κ2) is 6.45. The fourth-order valence-corrected chi connectivity index (χ4v) is 3.70. The molecule has 1 N–H and O–H groups in total. The first-order valence-electron chi connectivity index (χ1n) is 6.01. The first-order valence-corrected chi connectivity index (χ1v) is 7.60. The molecular weight excluding hydrogens is 305 g/mol. The molecule has 0 aliphatic carbocycles. The molecule has 4 nitrogen and oxygen atoms in total. The molecule has 2 rings (SSSR count). The van der Waals surface area contributed by atoms with Crippen molar-refractivity contribution >= 4 is 35.2 Å². The molecule has 20 heavy (non-hydrogen) atoms.